The molecule has 94 valence electrons. The maximum Gasteiger partial charge on any atom is 0.362 e. The van der Waals surface area contributed by atoms with Gasteiger partial charge >= 0.3 is 5.69 Å². The Morgan fingerprint density at radius 2 is 1.72 bits per heavy atom. The molecule has 0 fully saturated rings. The molecule has 0 saturated carbocycles. The minimum Gasteiger partial charge on any atom is -0.245 e. The summed E-state index contributed by atoms with van der Waals surface area (Å²) in [6.07, 6.45) is 0. The molecular formula is C12H12N2O3S. The minimum absolute atomic E-state index is 0.0702. The van der Waals surface area contributed by atoms with Crippen LogP contribution in [0.1, 0.15) is 11.4 Å². The van der Waals surface area contributed by atoms with E-state index in [4.69, 9.17) is 0 Å². The second-order valence-electron chi connectivity index (χ2n) is 3.90. The molecule has 0 aliphatic carbocycles. The third-order valence-corrected chi connectivity index (χ3v) is 4.26. The zero-order valence-corrected chi connectivity index (χ0v) is 10.8. The highest BCUT2D eigenvalue weighted by Gasteiger charge is 2.20. The molecular weight excluding hydrogens is 252 g/mol. The molecule has 0 aliphatic heterocycles. The summed E-state index contributed by atoms with van der Waals surface area (Å²) in [6.45, 7) is 3.21. The molecule has 0 amide bonds. The van der Waals surface area contributed by atoms with Crippen LogP contribution >= 0.6 is 0 Å². The summed E-state index contributed by atoms with van der Waals surface area (Å²) in [5.74, 6) is 0. The zero-order valence-electron chi connectivity index (χ0n) is 9.99. The third kappa shape index (κ3) is 2.06. The monoisotopic (exact) mass is 264 g/mol. The van der Waals surface area contributed by atoms with E-state index in [1.165, 1.54) is 12.1 Å². The smallest absolute Gasteiger partial charge is 0.245 e. The van der Waals surface area contributed by atoms with Gasteiger partial charge in [0.05, 0.1) is 4.90 Å². The molecule has 18 heavy (non-hydrogen) atoms. The average molecular weight is 264 g/mol. The molecule has 0 spiro atoms. The summed E-state index contributed by atoms with van der Waals surface area (Å²) in [7, 11) is -3.88. The Kier molecular flexibility index (Phi) is 3.04. The maximum absolute atomic E-state index is 12.3. The third-order valence-electron chi connectivity index (χ3n) is 2.47. The van der Waals surface area contributed by atoms with Gasteiger partial charge in [-0.2, -0.15) is 8.96 Å². The van der Waals surface area contributed by atoms with E-state index in [2.05, 4.69) is 4.98 Å². The Morgan fingerprint density at radius 3 is 2.28 bits per heavy atom. The SMILES string of the molecule is Cc1cc(C)n(S(=O)(=O)c2ccccc2)c(=O)n1. The summed E-state index contributed by atoms with van der Waals surface area (Å²) in [4.78, 5) is 15.5. The number of hydrogen-bond acceptors (Lipinski definition) is 4. The van der Waals surface area contributed by atoms with Gasteiger partial charge in [-0.05, 0) is 32.0 Å². The summed E-state index contributed by atoms with van der Waals surface area (Å²) < 4.78 is 25.3. The van der Waals surface area contributed by atoms with Gasteiger partial charge in [-0.25, -0.2) is 13.2 Å². The van der Waals surface area contributed by atoms with E-state index in [0.29, 0.717) is 11.4 Å². The lowest BCUT2D eigenvalue weighted by Crippen LogP contribution is -2.31. The number of nitrogens with zero attached hydrogens (tertiary/aromatic N) is 2. The van der Waals surface area contributed by atoms with Crippen LogP contribution < -0.4 is 5.69 Å². The Bertz CT molecular complexity index is 734. The largest absolute Gasteiger partial charge is 0.362 e. The van der Waals surface area contributed by atoms with E-state index in [1.54, 1.807) is 38.1 Å². The van der Waals surface area contributed by atoms with Gasteiger partial charge in [0.15, 0.2) is 0 Å². The van der Waals surface area contributed by atoms with Gasteiger partial charge in [0.2, 0.25) is 0 Å². The van der Waals surface area contributed by atoms with Crippen molar-refractivity contribution in [3.8, 4) is 0 Å². The van der Waals surface area contributed by atoms with E-state index in [9.17, 15) is 13.2 Å². The topological polar surface area (TPSA) is 69.0 Å². The molecule has 0 atom stereocenters. The second-order valence-corrected chi connectivity index (χ2v) is 5.69. The highest BCUT2D eigenvalue weighted by molar-refractivity contribution is 7.90. The minimum atomic E-state index is -3.88. The van der Waals surface area contributed by atoms with Crippen LogP contribution in [0, 0.1) is 13.8 Å². The molecule has 0 unspecified atom stereocenters. The molecule has 0 radical (unpaired) electrons. The van der Waals surface area contributed by atoms with Gasteiger partial charge in [-0.15, -0.1) is 0 Å². The Balaban J connectivity index is 2.74. The molecule has 2 aromatic rings. The van der Waals surface area contributed by atoms with Crippen LogP contribution in [0.2, 0.25) is 0 Å². The van der Waals surface area contributed by atoms with Crippen LogP contribution in [-0.4, -0.2) is 17.4 Å². The standard InChI is InChI=1S/C12H12N2O3S/c1-9-8-10(2)14(12(15)13-9)18(16,17)11-6-4-3-5-7-11/h3-8H,1-2H3. The highest BCUT2D eigenvalue weighted by atomic mass is 32.2. The second kappa shape index (κ2) is 4.38. The van der Waals surface area contributed by atoms with Crippen LogP contribution in [0.5, 0.6) is 0 Å². The zero-order chi connectivity index (χ0) is 13.3. The first kappa shape index (κ1) is 12.5. The summed E-state index contributed by atoms with van der Waals surface area (Å²) >= 11 is 0. The lowest BCUT2D eigenvalue weighted by atomic mass is 10.4. The van der Waals surface area contributed by atoms with Crippen LogP contribution in [0.15, 0.2) is 46.1 Å². The van der Waals surface area contributed by atoms with Crippen molar-refractivity contribution >= 4 is 10.0 Å². The molecule has 1 aromatic carbocycles. The van der Waals surface area contributed by atoms with Crippen molar-refractivity contribution in [1.29, 1.82) is 0 Å². The van der Waals surface area contributed by atoms with E-state index in [-0.39, 0.29) is 4.90 Å². The predicted octanol–water partition coefficient (Wildman–Crippen LogP) is 1.10. The first-order chi connectivity index (χ1) is 8.43. The Morgan fingerprint density at radius 1 is 1.11 bits per heavy atom. The molecule has 5 nitrogen and oxygen atoms in total. The van der Waals surface area contributed by atoms with E-state index < -0.39 is 15.7 Å². The Labute approximate surface area is 105 Å². The molecule has 0 aliphatic rings. The summed E-state index contributed by atoms with van der Waals surface area (Å²) in [6, 6.07) is 9.37. The lowest BCUT2D eigenvalue weighted by molar-refractivity contribution is 0.582. The number of rotatable bonds is 2. The van der Waals surface area contributed by atoms with Gasteiger partial charge in [-0.3, -0.25) is 0 Å². The van der Waals surface area contributed by atoms with Crippen LogP contribution in [-0.2, 0) is 10.0 Å². The van der Waals surface area contributed by atoms with E-state index in [1.807, 2.05) is 0 Å². The van der Waals surface area contributed by atoms with Crippen LogP contribution in [0.3, 0.4) is 0 Å². The fourth-order valence-electron chi connectivity index (χ4n) is 1.73. The van der Waals surface area contributed by atoms with Crippen LogP contribution in [0.4, 0.5) is 0 Å². The highest BCUT2D eigenvalue weighted by Crippen LogP contribution is 2.12. The van der Waals surface area contributed by atoms with Crippen molar-refractivity contribution in [1.82, 2.24) is 8.96 Å². The average Bonchev–Trinajstić information content (AvgIpc) is 2.28. The molecule has 1 heterocycles. The van der Waals surface area contributed by atoms with Gasteiger partial charge in [0.25, 0.3) is 10.0 Å². The normalized spacial score (nSPS) is 11.4. The molecule has 0 bridgehead atoms. The molecule has 0 N–H and O–H groups in total. The van der Waals surface area contributed by atoms with Crippen molar-refractivity contribution in [3.63, 3.8) is 0 Å². The molecule has 2 rings (SSSR count). The van der Waals surface area contributed by atoms with Crippen LogP contribution in [0.25, 0.3) is 0 Å². The fraction of sp³-hybridized carbons (Fsp3) is 0.167. The number of aryl methyl sites for hydroxylation is 2. The Hall–Kier alpha value is -1.95. The van der Waals surface area contributed by atoms with E-state index >= 15 is 0 Å². The molecule has 6 heteroatoms. The number of hydrogen-bond donors (Lipinski definition) is 0. The number of aromatic nitrogens is 2. The predicted molar refractivity (Wildman–Crippen MR) is 67.0 cm³/mol. The lowest BCUT2D eigenvalue weighted by Gasteiger charge is -2.10. The summed E-state index contributed by atoms with van der Waals surface area (Å²) in [5.41, 5.74) is 0.0599. The fourth-order valence-corrected chi connectivity index (χ4v) is 3.12. The van der Waals surface area contributed by atoms with Crippen molar-refractivity contribution in [3.05, 3.63) is 58.3 Å². The van der Waals surface area contributed by atoms with Gasteiger partial charge in [0.1, 0.15) is 0 Å². The quantitative estimate of drug-likeness (QED) is 0.814. The first-order valence-electron chi connectivity index (χ1n) is 5.31. The molecule has 0 saturated heterocycles. The van der Waals surface area contributed by atoms with Crippen molar-refractivity contribution in [2.45, 2.75) is 18.7 Å². The number of benzene rings is 1. The van der Waals surface area contributed by atoms with Crippen molar-refractivity contribution in [2.75, 3.05) is 0 Å². The van der Waals surface area contributed by atoms with Gasteiger partial charge in [0, 0.05) is 11.4 Å². The maximum atomic E-state index is 12.3. The summed E-state index contributed by atoms with van der Waals surface area (Å²) in [5, 5.41) is 0. The molecule has 1 aromatic heterocycles. The first-order valence-corrected chi connectivity index (χ1v) is 6.75. The van der Waals surface area contributed by atoms with E-state index in [0.717, 1.165) is 3.97 Å². The van der Waals surface area contributed by atoms with Gasteiger partial charge in [-0.1, -0.05) is 18.2 Å². The van der Waals surface area contributed by atoms with Gasteiger partial charge < -0.3 is 0 Å². The van der Waals surface area contributed by atoms with Crippen molar-refractivity contribution < 1.29 is 8.42 Å². The van der Waals surface area contributed by atoms with Crippen molar-refractivity contribution in [2.24, 2.45) is 0 Å².